The molecule has 2 heterocycles. The molecular formula is C22H39N5O. The largest absolute Gasteiger partial charge is 0.375 e. The summed E-state index contributed by atoms with van der Waals surface area (Å²) >= 11 is 0. The zero-order valence-electron chi connectivity index (χ0n) is 18.4. The highest BCUT2D eigenvalue weighted by atomic mass is 16.5. The van der Waals surface area contributed by atoms with Crippen molar-refractivity contribution in [1.82, 2.24) is 15.6 Å². The lowest BCUT2D eigenvalue weighted by atomic mass is 9.87. The summed E-state index contributed by atoms with van der Waals surface area (Å²) in [6.07, 6.45) is 7.24. The van der Waals surface area contributed by atoms with Gasteiger partial charge >= 0.3 is 0 Å². The Balaban J connectivity index is 1.83. The van der Waals surface area contributed by atoms with Crippen LogP contribution in [0.3, 0.4) is 0 Å². The number of morpholine rings is 1. The number of hydrogen-bond acceptors (Lipinski definition) is 4. The summed E-state index contributed by atoms with van der Waals surface area (Å²) in [6, 6.07) is 4.22. The van der Waals surface area contributed by atoms with Gasteiger partial charge in [-0.3, -0.25) is 4.99 Å². The topological polar surface area (TPSA) is 61.8 Å². The molecular weight excluding hydrogens is 350 g/mol. The molecule has 0 spiro atoms. The quantitative estimate of drug-likeness (QED) is 0.384. The molecule has 28 heavy (non-hydrogen) atoms. The number of unbranched alkanes of at least 4 members (excludes halogenated alkanes) is 2. The molecule has 1 aliphatic rings. The van der Waals surface area contributed by atoms with Crippen molar-refractivity contribution in [2.75, 3.05) is 38.2 Å². The summed E-state index contributed by atoms with van der Waals surface area (Å²) in [5.74, 6) is 1.87. The highest BCUT2D eigenvalue weighted by Gasteiger charge is 2.19. The average molecular weight is 390 g/mol. The predicted molar refractivity (Wildman–Crippen MR) is 118 cm³/mol. The number of pyridine rings is 1. The first-order valence-electron chi connectivity index (χ1n) is 10.7. The summed E-state index contributed by atoms with van der Waals surface area (Å²) < 4.78 is 5.63. The van der Waals surface area contributed by atoms with Gasteiger partial charge < -0.3 is 20.3 Å². The highest BCUT2D eigenvalue weighted by molar-refractivity contribution is 5.79. The summed E-state index contributed by atoms with van der Waals surface area (Å²) in [5.41, 5.74) is 1.47. The van der Waals surface area contributed by atoms with E-state index >= 15 is 0 Å². The minimum Gasteiger partial charge on any atom is -0.375 e. The van der Waals surface area contributed by atoms with Gasteiger partial charge in [-0.2, -0.15) is 0 Å². The molecule has 0 amide bonds. The van der Waals surface area contributed by atoms with Crippen LogP contribution < -0.4 is 15.5 Å². The van der Waals surface area contributed by atoms with E-state index in [1.165, 1.54) is 31.2 Å². The van der Waals surface area contributed by atoms with E-state index in [2.05, 4.69) is 65.3 Å². The van der Waals surface area contributed by atoms with Crippen molar-refractivity contribution < 1.29 is 4.74 Å². The van der Waals surface area contributed by atoms with E-state index in [-0.39, 0.29) is 11.5 Å². The Hall–Kier alpha value is -1.82. The Morgan fingerprint density at radius 1 is 1.36 bits per heavy atom. The third-order valence-electron chi connectivity index (χ3n) is 5.25. The van der Waals surface area contributed by atoms with Gasteiger partial charge in [0.2, 0.25) is 0 Å². The van der Waals surface area contributed by atoms with Crippen LogP contribution in [0.25, 0.3) is 0 Å². The molecule has 1 aromatic heterocycles. The molecule has 2 rings (SSSR count). The third-order valence-corrected chi connectivity index (χ3v) is 5.25. The maximum Gasteiger partial charge on any atom is 0.191 e. The van der Waals surface area contributed by atoms with Gasteiger partial charge in [0.05, 0.1) is 12.7 Å². The molecule has 1 saturated heterocycles. The molecule has 1 aliphatic heterocycles. The molecule has 0 aromatic carbocycles. The first-order valence-corrected chi connectivity index (χ1v) is 10.7. The fraction of sp³-hybridized carbons (Fsp3) is 0.727. The fourth-order valence-electron chi connectivity index (χ4n) is 3.44. The van der Waals surface area contributed by atoms with Crippen LogP contribution in [0.2, 0.25) is 0 Å². The Bertz CT molecular complexity index is 617. The van der Waals surface area contributed by atoms with E-state index in [1.54, 1.807) is 0 Å². The molecule has 0 radical (unpaired) electrons. The van der Waals surface area contributed by atoms with Crippen molar-refractivity contribution in [3.8, 4) is 0 Å². The number of aliphatic imine (C=N–C) groups is 1. The molecule has 158 valence electrons. The van der Waals surface area contributed by atoms with Crippen molar-refractivity contribution in [3.05, 3.63) is 23.9 Å². The molecule has 6 nitrogen and oxygen atoms in total. The van der Waals surface area contributed by atoms with Crippen LogP contribution in [0.15, 0.2) is 23.3 Å². The Morgan fingerprint density at radius 2 is 2.18 bits per heavy atom. The van der Waals surface area contributed by atoms with E-state index < -0.39 is 0 Å². The molecule has 0 aliphatic carbocycles. The zero-order valence-corrected chi connectivity index (χ0v) is 18.4. The molecule has 1 aromatic rings. The Kier molecular flexibility index (Phi) is 9.03. The van der Waals surface area contributed by atoms with Crippen LogP contribution in [-0.2, 0) is 11.3 Å². The fourth-order valence-corrected chi connectivity index (χ4v) is 3.44. The van der Waals surface area contributed by atoms with Crippen LogP contribution in [0.4, 0.5) is 5.82 Å². The van der Waals surface area contributed by atoms with Gasteiger partial charge in [-0.15, -0.1) is 0 Å². The molecule has 6 heteroatoms. The van der Waals surface area contributed by atoms with Crippen molar-refractivity contribution in [1.29, 1.82) is 0 Å². The normalized spacial score (nSPS) is 18.2. The number of nitrogens with zero attached hydrogens (tertiary/aromatic N) is 3. The highest BCUT2D eigenvalue weighted by Crippen LogP contribution is 2.22. The van der Waals surface area contributed by atoms with E-state index in [9.17, 15) is 0 Å². The second-order valence-electron chi connectivity index (χ2n) is 8.55. The van der Waals surface area contributed by atoms with Crippen molar-refractivity contribution in [2.45, 2.75) is 66.0 Å². The van der Waals surface area contributed by atoms with Crippen LogP contribution in [0.5, 0.6) is 0 Å². The number of aromatic nitrogens is 1. The van der Waals surface area contributed by atoms with Gasteiger partial charge in [0.1, 0.15) is 5.82 Å². The summed E-state index contributed by atoms with van der Waals surface area (Å²) in [6.45, 7) is 13.2. The average Bonchev–Trinajstić information content (AvgIpc) is 2.68. The summed E-state index contributed by atoms with van der Waals surface area (Å²) in [7, 11) is 1.83. The number of hydrogen-bond donors (Lipinski definition) is 2. The van der Waals surface area contributed by atoms with Crippen molar-refractivity contribution >= 4 is 11.8 Å². The summed E-state index contributed by atoms with van der Waals surface area (Å²) in [5, 5.41) is 6.92. The SMILES string of the molecule is CCCCCC(C)(C)CNC(=NC)NCc1ccnc(N2CCOC(C)C2)c1. The smallest absolute Gasteiger partial charge is 0.191 e. The monoisotopic (exact) mass is 389 g/mol. The number of ether oxygens (including phenoxy) is 1. The third kappa shape index (κ3) is 7.66. The van der Waals surface area contributed by atoms with Crippen LogP contribution in [-0.4, -0.2) is 50.3 Å². The lowest BCUT2D eigenvalue weighted by Gasteiger charge is -2.32. The maximum atomic E-state index is 5.63. The zero-order chi connectivity index (χ0) is 20.4. The van der Waals surface area contributed by atoms with Crippen LogP contribution >= 0.6 is 0 Å². The van der Waals surface area contributed by atoms with E-state index in [0.717, 1.165) is 44.6 Å². The minimum atomic E-state index is 0.251. The van der Waals surface area contributed by atoms with Crippen molar-refractivity contribution in [3.63, 3.8) is 0 Å². The molecule has 1 unspecified atom stereocenters. The molecule has 1 atom stereocenters. The number of anilines is 1. The van der Waals surface area contributed by atoms with Gasteiger partial charge in [0.25, 0.3) is 0 Å². The van der Waals surface area contributed by atoms with Crippen LogP contribution in [0, 0.1) is 5.41 Å². The van der Waals surface area contributed by atoms with E-state index in [0.29, 0.717) is 0 Å². The van der Waals surface area contributed by atoms with Crippen LogP contribution in [0.1, 0.15) is 58.9 Å². The predicted octanol–water partition coefficient (Wildman–Crippen LogP) is 3.58. The Labute approximate surface area is 171 Å². The lowest BCUT2D eigenvalue weighted by molar-refractivity contribution is 0.0529. The van der Waals surface area contributed by atoms with Gasteiger partial charge in [-0.05, 0) is 36.5 Å². The number of guanidine groups is 1. The van der Waals surface area contributed by atoms with Crippen molar-refractivity contribution in [2.24, 2.45) is 10.4 Å². The number of nitrogens with one attached hydrogen (secondary N) is 2. The maximum absolute atomic E-state index is 5.63. The second kappa shape index (κ2) is 11.2. The molecule has 0 bridgehead atoms. The first-order chi connectivity index (χ1) is 13.4. The number of rotatable bonds is 9. The minimum absolute atomic E-state index is 0.251. The van der Waals surface area contributed by atoms with E-state index in [1.807, 2.05) is 13.2 Å². The lowest BCUT2D eigenvalue weighted by Crippen LogP contribution is -2.42. The van der Waals surface area contributed by atoms with Gasteiger partial charge in [0, 0.05) is 39.4 Å². The van der Waals surface area contributed by atoms with E-state index in [4.69, 9.17) is 4.74 Å². The van der Waals surface area contributed by atoms with Gasteiger partial charge in [-0.25, -0.2) is 4.98 Å². The Morgan fingerprint density at radius 3 is 2.89 bits per heavy atom. The summed E-state index contributed by atoms with van der Waals surface area (Å²) in [4.78, 5) is 11.2. The molecule has 1 fully saturated rings. The van der Waals surface area contributed by atoms with Gasteiger partial charge in [0.15, 0.2) is 5.96 Å². The molecule has 2 N–H and O–H groups in total. The second-order valence-corrected chi connectivity index (χ2v) is 8.55. The van der Waals surface area contributed by atoms with Gasteiger partial charge in [-0.1, -0.05) is 40.0 Å². The standard InChI is InChI=1S/C22H39N5O/c1-6-7-8-10-22(3,4)17-26-21(23-5)25-15-19-9-11-24-20(14-19)27-12-13-28-18(2)16-27/h9,11,14,18H,6-8,10,12-13,15-17H2,1-5H3,(H2,23,25,26). The first kappa shape index (κ1) is 22.5. The molecule has 0 saturated carbocycles.